The molecule has 1 N–H and O–H groups in total. The molecule has 30 heavy (non-hydrogen) atoms. The minimum Gasteiger partial charge on any atom is -0.359 e. The van der Waals surface area contributed by atoms with Crippen LogP contribution in [0.25, 0.3) is 0 Å². The van der Waals surface area contributed by atoms with Crippen molar-refractivity contribution in [2.24, 2.45) is 5.92 Å². The van der Waals surface area contributed by atoms with E-state index in [1.54, 1.807) is 7.05 Å². The number of halogens is 4. The molecule has 4 nitrogen and oxygen atoms in total. The van der Waals surface area contributed by atoms with E-state index in [0.717, 1.165) is 48.6 Å². The number of pyridine rings is 1. The summed E-state index contributed by atoms with van der Waals surface area (Å²) in [6.07, 6.45) is -2.41. The number of amides is 1. The Kier molecular flexibility index (Phi) is 6.72. The van der Waals surface area contributed by atoms with Gasteiger partial charge in [0.25, 0.3) is 0 Å². The zero-order valence-electron chi connectivity index (χ0n) is 17.2. The number of hydrogen-bond donors (Lipinski definition) is 1. The van der Waals surface area contributed by atoms with Crippen LogP contribution in [0.1, 0.15) is 33.5 Å². The molecule has 0 unspecified atom stereocenters. The van der Waals surface area contributed by atoms with E-state index in [0.29, 0.717) is 18.5 Å². The number of aryl methyl sites for hydroxylation is 3. The highest BCUT2D eigenvalue weighted by Gasteiger charge is 2.34. The first-order valence-electron chi connectivity index (χ1n) is 9.83. The predicted molar refractivity (Wildman–Crippen MR) is 110 cm³/mol. The van der Waals surface area contributed by atoms with E-state index < -0.39 is 11.7 Å². The number of hydrogen-bond acceptors (Lipinski definition) is 3. The lowest BCUT2D eigenvalue weighted by atomic mass is 9.93. The van der Waals surface area contributed by atoms with Crippen molar-refractivity contribution in [2.45, 2.75) is 39.4 Å². The third-order valence-electron chi connectivity index (χ3n) is 5.58. The molecule has 1 fully saturated rings. The Morgan fingerprint density at radius 1 is 1.20 bits per heavy atom. The van der Waals surface area contributed by atoms with Crippen molar-refractivity contribution < 1.29 is 18.0 Å². The lowest BCUT2D eigenvalue weighted by Crippen LogP contribution is -2.52. The standard InChI is InChI=1S/C22H25ClF3N3O/c1-13-6-15(10-29-11-16(12-29)21(30)27-3)7-14(2)18(13)5-4-17-8-19(22(24,25)26)20(23)9-28-17/h6-9,16H,4-5,10-12H2,1-3H3,(H,27,30). The molecule has 1 aliphatic heterocycles. The molecule has 0 aliphatic carbocycles. The largest absolute Gasteiger partial charge is 0.417 e. The summed E-state index contributed by atoms with van der Waals surface area (Å²) in [5, 5.41) is 2.30. The summed E-state index contributed by atoms with van der Waals surface area (Å²) in [6.45, 7) is 6.33. The van der Waals surface area contributed by atoms with Crippen molar-refractivity contribution in [1.29, 1.82) is 0 Å². The molecule has 0 bridgehead atoms. The Balaban J connectivity index is 1.65. The van der Waals surface area contributed by atoms with Crippen molar-refractivity contribution in [3.8, 4) is 0 Å². The first-order valence-corrected chi connectivity index (χ1v) is 10.2. The highest BCUT2D eigenvalue weighted by molar-refractivity contribution is 6.31. The van der Waals surface area contributed by atoms with E-state index in [9.17, 15) is 18.0 Å². The zero-order valence-corrected chi connectivity index (χ0v) is 18.0. The molecule has 8 heteroatoms. The van der Waals surface area contributed by atoms with Crippen LogP contribution in [0.2, 0.25) is 5.02 Å². The van der Waals surface area contributed by atoms with Gasteiger partial charge in [-0.2, -0.15) is 13.2 Å². The van der Waals surface area contributed by atoms with Gasteiger partial charge in [0, 0.05) is 38.6 Å². The Morgan fingerprint density at radius 3 is 2.40 bits per heavy atom. The van der Waals surface area contributed by atoms with Gasteiger partial charge in [-0.3, -0.25) is 14.7 Å². The number of likely N-dealkylation sites (tertiary alicyclic amines) is 1. The number of nitrogens with zero attached hydrogens (tertiary/aromatic N) is 2. The fraction of sp³-hybridized carbons (Fsp3) is 0.455. The van der Waals surface area contributed by atoms with E-state index >= 15 is 0 Å². The summed E-state index contributed by atoms with van der Waals surface area (Å²) in [4.78, 5) is 17.9. The number of nitrogens with one attached hydrogen (secondary N) is 1. The summed E-state index contributed by atoms with van der Waals surface area (Å²) >= 11 is 5.65. The van der Waals surface area contributed by atoms with Crippen molar-refractivity contribution in [2.75, 3.05) is 20.1 Å². The first kappa shape index (κ1) is 22.6. The quantitative estimate of drug-likeness (QED) is 0.728. The van der Waals surface area contributed by atoms with Gasteiger partial charge in [-0.15, -0.1) is 0 Å². The first-order chi connectivity index (χ1) is 14.1. The lowest BCUT2D eigenvalue weighted by Gasteiger charge is -2.38. The van der Waals surface area contributed by atoms with Gasteiger partial charge in [-0.25, -0.2) is 0 Å². The van der Waals surface area contributed by atoms with Crippen LogP contribution in [-0.2, 0) is 30.4 Å². The van der Waals surface area contributed by atoms with Gasteiger partial charge in [-0.1, -0.05) is 23.7 Å². The van der Waals surface area contributed by atoms with Gasteiger partial charge >= 0.3 is 6.18 Å². The number of carbonyl (C=O) groups excluding carboxylic acids is 1. The molecular formula is C22H25ClF3N3O. The molecule has 0 atom stereocenters. The van der Waals surface area contributed by atoms with Crippen LogP contribution in [0.4, 0.5) is 13.2 Å². The van der Waals surface area contributed by atoms with Gasteiger partial charge in [-0.05, 0) is 55.0 Å². The maximum atomic E-state index is 13.1. The number of aromatic nitrogens is 1. The fourth-order valence-electron chi connectivity index (χ4n) is 3.98. The number of benzene rings is 1. The SMILES string of the molecule is CNC(=O)C1CN(Cc2cc(C)c(CCc3cc(C(F)(F)F)c(Cl)cn3)c(C)c2)C1. The van der Waals surface area contributed by atoms with Gasteiger partial charge in [0.2, 0.25) is 5.91 Å². The number of alkyl halides is 3. The highest BCUT2D eigenvalue weighted by atomic mass is 35.5. The normalized spacial score (nSPS) is 15.2. The fourth-order valence-corrected chi connectivity index (χ4v) is 4.20. The third kappa shape index (κ3) is 5.13. The second-order valence-electron chi connectivity index (χ2n) is 7.87. The van der Waals surface area contributed by atoms with Crippen LogP contribution in [0.3, 0.4) is 0 Å². The Hall–Kier alpha value is -2.12. The molecule has 1 aromatic heterocycles. The minimum atomic E-state index is -4.49. The van der Waals surface area contributed by atoms with E-state index in [4.69, 9.17) is 11.6 Å². The Bertz CT molecular complexity index is 917. The molecule has 2 heterocycles. The zero-order chi connectivity index (χ0) is 22.1. The molecule has 0 radical (unpaired) electrons. The van der Waals surface area contributed by atoms with E-state index in [2.05, 4.69) is 27.3 Å². The monoisotopic (exact) mass is 439 g/mol. The van der Waals surface area contributed by atoms with E-state index in [1.807, 2.05) is 13.8 Å². The predicted octanol–water partition coefficient (Wildman–Crippen LogP) is 4.33. The van der Waals surface area contributed by atoms with Crippen LogP contribution < -0.4 is 5.32 Å². The second-order valence-corrected chi connectivity index (χ2v) is 8.27. The van der Waals surface area contributed by atoms with Crippen LogP contribution in [-0.4, -0.2) is 35.9 Å². The highest BCUT2D eigenvalue weighted by Crippen LogP contribution is 2.34. The number of carbonyl (C=O) groups is 1. The van der Waals surface area contributed by atoms with Gasteiger partial charge < -0.3 is 5.32 Å². The second kappa shape index (κ2) is 8.94. The maximum absolute atomic E-state index is 13.1. The van der Waals surface area contributed by atoms with Crippen molar-refractivity contribution in [1.82, 2.24) is 15.2 Å². The lowest BCUT2D eigenvalue weighted by molar-refractivity contribution is -0.137. The molecule has 1 aromatic carbocycles. The summed E-state index contributed by atoms with van der Waals surface area (Å²) < 4.78 is 39.2. The van der Waals surface area contributed by atoms with E-state index in [-0.39, 0.29) is 16.8 Å². The van der Waals surface area contributed by atoms with Crippen molar-refractivity contribution in [3.63, 3.8) is 0 Å². The molecule has 1 amide bonds. The molecule has 162 valence electrons. The van der Waals surface area contributed by atoms with E-state index in [1.165, 1.54) is 5.56 Å². The molecule has 2 aromatic rings. The molecule has 0 saturated carbocycles. The van der Waals surface area contributed by atoms with Crippen LogP contribution in [0, 0.1) is 19.8 Å². The van der Waals surface area contributed by atoms with Crippen LogP contribution in [0.15, 0.2) is 24.4 Å². The summed E-state index contributed by atoms with van der Waals surface area (Å²) in [5.74, 6) is 0.142. The van der Waals surface area contributed by atoms with Crippen LogP contribution >= 0.6 is 11.6 Å². The topological polar surface area (TPSA) is 45.2 Å². The Labute approximate surface area is 179 Å². The van der Waals surface area contributed by atoms with Crippen molar-refractivity contribution in [3.05, 3.63) is 62.9 Å². The summed E-state index contributed by atoms with van der Waals surface area (Å²) in [7, 11) is 1.65. The molecular weight excluding hydrogens is 415 g/mol. The average molecular weight is 440 g/mol. The smallest absolute Gasteiger partial charge is 0.359 e. The molecule has 0 spiro atoms. The average Bonchev–Trinajstić information content (AvgIpc) is 2.63. The summed E-state index contributed by atoms with van der Waals surface area (Å²) in [5.41, 5.74) is 4.04. The Morgan fingerprint density at radius 2 is 1.83 bits per heavy atom. The van der Waals surface area contributed by atoms with Crippen LogP contribution in [0.5, 0.6) is 0 Å². The van der Waals surface area contributed by atoms with Gasteiger partial charge in [0.1, 0.15) is 0 Å². The molecule has 1 aliphatic rings. The third-order valence-corrected chi connectivity index (χ3v) is 5.89. The number of rotatable bonds is 6. The maximum Gasteiger partial charge on any atom is 0.417 e. The minimum absolute atomic E-state index is 0.0601. The molecule has 1 saturated heterocycles. The van der Waals surface area contributed by atoms with Gasteiger partial charge in [0.15, 0.2) is 0 Å². The summed E-state index contributed by atoms with van der Waals surface area (Å²) in [6, 6.07) is 5.27. The van der Waals surface area contributed by atoms with Gasteiger partial charge in [0.05, 0.1) is 16.5 Å². The van der Waals surface area contributed by atoms with Crippen molar-refractivity contribution >= 4 is 17.5 Å². The molecule has 3 rings (SSSR count).